The Morgan fingerprint density at radius 1 is 1.35 bits per heavy atom. The van der Waals surface area contributed by atoms with E-state index in [4.69, 9.17) is 0 Å². The van der Waals surface area contributed by atoms with Gasteiger partial charge in [-0.3, -0.25) is 9.59 Å². The highest BCUT2D eigenvalue weighted by molar-refractivity contribution is 14.1. The highest BCUT2D eigenvalue weighted by Gasteiger charge is 2.37. The van der Waals surface area contributed by atoms with Crippen molar-refractivity contribution in [3.05, 3.63) is 27.6 Å². The lowest BCUT2D eigenvalue weighted by atomic mass is 9.79. The Balaban J connectivity index is 2.83. The van der Waals surface area contributed by atoms with Crippen molar-refractivity contribution in [2.24, 2.45) is 5.41 Å². The van der Waals surface area contributed by atoms with Gasteiger partial charge in [0.05, 0.1) is 11.1 Å². The molecule has 2 N–H and O–H groups in total. The van der Waals surface area contributed by atoms with Crippen LogP contribution in [-0.4, -0.2) is 17.0 Å². The molecule has 0 bridgehead atoms. The van der Waals surface area contributed by atoms with Crippen molar-refractivity contribution in [2.75, 3.05) is 5.32 Å². The summed E-state index contributed by atoms with van der Waals surface area (Å²) in [4.78, 5) is 23.4. The SMILES string of the molecule is CCC(CC)(CC(=O)Nc1ccc(F)cc1I)C(=O)O. The average Bonchev–Trinajstić information content (AvgIpc) is 2.39. The van der Waals surface area contributed by atoms with Crippen molar-refractivity contribution in [3.8, 4) is 0 Å². The molecule has 0 spiro atoms. The summed E-state index contributed by atoms with van der Waals surface area (Å²) in [5.41, 5.74) is -0.557. The Hall–Kier alpha value is -1.18. The average molecular weight is 393 g/mol. The number of halogens is 2. The van der Waals surface area contributed by atoms with Crippen molar-refractivity contribution in [1.82, 2.24) is 0 Å². The zero-order valence-electron chi connectivity index (χ0n) is 11.4. The number of carbonyl (C=O) groups is 2. The van der Waals surface area contributed by atoms with E-state index in [0.29, 0.717) is 22.1 Å². The van der Waals surface area contributed by atoms with Gasteiger partial charge in [-0.05, 0) is 53.6 Å². The van der Waals surface area contributed by atoms with Crippen LogP contribution >= 0.6 is 22.6 Å². The number of amides is 1. The van der Waals surface area contributed by atoms with Crippen molar-refractivity contribution in [3.63, 3.8) is 0 Å². The van der Waals surface area contributed by atoms with Crippen LogP contribution in [0.2, 0.25) is 0 Å². The van der Waals surface area contributed by atoms with Gasteiger partial charge in [-0.2, -0.15) is 0 Å². The molecule has 20 heavy (non-hydrogen) atoms. The normalized spacial score (nSPS) is 11.2. The summed E-state index contributed by atoms with van der Waals surface area (Å²) in [7, 11) is 0. The molecule has 0 aliphatic heterocycles. The summed E-state index contributed by atoms with van der Waals surface area (Å²) in [5.74, 6) is -1.72. The fourth-order valence-corrected chi connectivity index (χ4v) is 2.58. The zero-order valence-corrected chi connectivity index (χ0v) is 13.5. The van der Waals surface area contributed by atoms with E-state index >= 15 is 0 Å². The van der Waals surface area contributed by atoms with E-state index < -0.39 is 11.4 Å². The highest BCUT2D eigenvalue weighted by Crippen LogP contribution is 2.31. The number of anilines is 1. The molecule has 1 rings (SSSR count). The van der Waals surface area contributed by atoms with Crippen LogP contribution in [0, 0.1) is 14.8 Å². The number of hydrogen-bond acceptors (Lipinski definition) is 2. The summed E-state index contributed by atoms with van der Waals surface area (Å²) in [6.07, 6.45) is 0.669. The number of carbonyl (C=O) groups excluding carboxylic acids is 1. The van der Waals surface area contributed by atoms with Gasteiger partial charge in [0.25, 0.3) is 0 Å². The molecule has 0 atom stereocenters. The minimum absolute atomic E-state index is 0.0945. The summed E-state index contributed by atoms with van der Waals surface area (Å²) in [6, 6.07) is 4.03. The van der Waals surface area contributed by atoms with E-state index in [0.717, 1.165) is 0 Å². The topological polar surface area (TPSA) is 66.4 Å². The first-order valence-electron chi connectivity index (χ1n) is 6.33. The lowest BCUT2D eigenvalue weighted by molar-refractivity contribution is -0.151. The molecular formula is C14H17FINO3. The fourth-order valence-electron chi connectivity index (χ4n) is 1.97. The summed E-state index contributed by atoms with van der Waals surface area (Å²) < 4.78 is 13.5. The Morgan fingerprint density at radius 2 is 1.95 bits per heavy atom. The van der Waals surface area contributed by atoms with E-state index in [1.54, 1.807) is 13.8 Å². The zero-order chi connectivity index (χ0) is 15.3. The third-order valence-corrected chi connectivity index (χ3v) is 4.40. The van der Waals surface area contributed by atoms with Crippen LogP contribution in [0.1, 0.15) is 33.1 Å². The molecule has 4 nitrogen and oxygen atoms in total. The molecule has 0 aromatic heterocycles. The molecular weight excluding hydrogens is 376 g/mol. The van der Waals surface area contributed by atoms with E-state index in [1.807, 2.05) is 22.6 Å². The number of benzene rings is 1. The number of carboxylic acid groups (broad SMARTS) is 1. The van der Waals surface area contributed by atoms with Gasteiger partial charge < -0.3 is 10.4 Å². The Kier molecular flexibility index (Phi) is 5.91. The van der Waals surface area contributed by atoms with Gasteiger partial charge in [0.2, 0.25) is 5.91 Å². The molecule has 6 heteroatoms. The van der Waals surface area contributed by atoms with Crippen molar-refractivity contribution in [1.29, 1.82) is 0 Å². The molecule has 0 aliphatic rings. The molecule has 0 aliphatic carbocycles. The predicted octanol–water partition coefficient (Wildman–Crippen LogP) is 3.65. The summed E-state index contributed by atoms with van der Waals surface area (Å²) in [5, 5.41) is 11.9. The smallest absolute Gasteiger partial charge is 0.310 e. The summed E-state index contributed by atoms with van der Waals surface area (Å²) >= 11 is 1.92. The van der Waals surface area contributed by atoms with Crippen LogP contribution in [0.25, 0.3) is 0 Å². The van der Waals surface area contributed by atoms with Gasteiger partial charge in [0.1, 0.15) is 5.82 Å². The van der Waals surface area contributed by atoms with Gasteiger partial charge in [0.15, 0.2) is 0 Å². The van der Waals surface area contributed by atoms with Crippen LogP contribution in [0.3, 0.4) is 0 Å². The van der Waals surface area contributed by atoms with Gasteiger partial charge in [-0.15, -0.1) is 0 Å². The van der Waals surface area contributed by atoms with Crippen molar-refractivity contribution < 1.29 is 19.1 Å². The number of hydrogen-bond donors (Lipinski definition) is 2. The van der Waals surface area contributed by atoms with Gasteiger partial charge in [-0.1, -0.05) is 13.8 Å². The molecule has 110 valence electrons. The molecule has 1 aromatic rings. The monoisotopic (exact) mass is 393 g/mol. The third-order valence-electron chi connectivity index (χ3n) is 3.51. The molecule has 0 saturated heterocycles. The quantitative estimate of drug-likeness (QED) is 0.726. The maximum absolute atomic E-state index is 13.0. The molecule has 0 heterocycles. The summed E-state index contributed by atoms with van der Waals surface area (Å²) in [6.45, 7) is 3.51. The second-order valence-corrected chi connectivity index (χ2v) is 5.80. The Labute approximate surface area is 130 Å². The highest BCUT2D eigenvalue weighted by atomic mass is 127. The first kappa shape index (κ1) is 16.9. The number of carboxylic acids is 1. The van der Waals surface area contributed by atoms with Crippen LogP contribution < -0.4 is 5.32 Å². The minimum atomic E-state index is -1.05. The largest absolute Gasteiger partial charge is 0.481 e. The Bertz CT molecular complexity index is 515. The maximum atomic E-state index is 13.0. The third kappa shape index (κ3) is 3.91. The minimum Gasteiger partial charge on any atom is -0.481 e. The second kappa shape index (κ2) is 7.01. The number of aliphatic carboxylic acids is 1. The van der Waals surface area contributed by atoms with Crippen LogP contribution in [0.15, 0.2) is 18.2 Å². The second-order valence-electron chi connectivity index (χ2n) is 4.64. The molecule has 0 saturated carbocycles. The molecule has 1 aromatic carbocycles. The van der Waals surface area contributed by atoms with Crippen molar-refractivity contribution >= 4 is 40.2 Å². The van der Waals surface area contributed by atoms with Crippen LogP contribution in [0.4, 0.5) is 10.1 Å². The first-order valence-corrected chi connectivity index (χ1v) is 7.41. The molecule has 1 amide bonds. The number of nitrogens with one attached hydrogen (secondary N) is 1. The molecule has 0 unspecified atom stereocenters. The lowest BCUT2D eigenvalue weighted by Gasteiger charge is -2.25. The maximum Gasteiger partial charge on any atom is 0.310 e. The Morgan fingerprint density at radius 3 is 2.40 bits per heavy atom. The van der Waals surface area contributed by atoms with Gasteiger partial charge in [-0.25, -0.2) is 4.39 Å². The van der Waals surface area contributed by atoms with E-state index in [2.05, 4.69) is 5.32 Å². The molecule has 0 fully saturated rings. The van der Waals surface area contributed by atoms with Gasteiger partial charge in [0, 0.05) is 9.99 Å². The fraction of sp³-hybridized carbons (Fsp3) is 0.429. The van der Waals surface area contributed by atoms with E-state index in [1.165, 1.54) is 18.2 Å². The van der Waals surface area contributed by atoms with Gasteiger partial charge >= 0.3 is 5.97 Å². The predicted molar refractivity (Wildman–Crippen MR) is 83.0 cm³/mol. The van der Waals surface area contributed by atoms with E-state index in [-0.39, 0.29) is 18.1 Å². The number of rotatable bonds is 6. The lowest BCUT2D eigenvalue weighted by Crippen LogP contribution is -2.34. The van der Waals surface area contributed by atoms with Crippen LogP contribution in [-0.2, 0) is 9.59 Å². The standard InChI is InChI=1S/C14H17FINO3/c1-3-14(4-2,13(19)20)8-12(18)17-11-6-5-9(15)7-10(11)16/h5-7H,3-4,8H2,1-2H3,(H,17,18)(H,19,20). The van der Waals surface area contributed by atoms with E-state index in [9.17, 15) is 19.1 Å². The molecule has 0 radical (unpaired) electrons. The van der Waals surface area contributed by atoms with Crippen molar-refractivity contribution in [2.45, 2.75) is 33.1 Å². The van der Waals surface area contributed by atoms with Crippen LogP contribution in [0.5, 0.6) is 0 Å². The first-order chi connectivity index (χ1) is 9.34.